The summed E-state index contributed by atoms with van der Waals surface area (Å²) in [5, 5.41) is 13.0. The molecule has 0 saturated heterocycles. The molecule has 4 rings (SSSR count). The summed E-state index contributed by atoms with van der Waals surface area (Å²) in [6.07, 6.45) is 2.44. The van der Waals surface area contributed by atoms with Gasteiger partial charge in [0.1, 0.15) is 11.4 Å². The molecule has 0 radical (unpaired) electrons. The predicted molar refractivity (Wildman–Crippen MR) is 119 cm³/mol. The fourth-order valence-electron chi connectivity index (χ4n) is 4.66. The molecule has 1 aromatic carbocycles. The minimum atomic E-state index is -0.960. The SMILES string of the molecule is CC(C)O[C@H]1C[C@]2(CN(C)C(=O)c3c(O)c(=O)c(C(=O)NCc4cccc(Cl)c4F)cn32)C1. The molecule has 2 aromatic rings. The van der Waals surface area contributed by atoms with E-state index in [1.54, 1.807) is 17.7 Å². The molecule has 1 spiro atoms. The lowest BCUT2D eigenvalue weighted by Crippen LogP contribution is -2.61. The van der Waals surface area contributed by atoms with Crippen molar-refractivity contribution < 1.29 is 23.8 Å². The largest absolute Gasteiger partial charge is 0.503 e. The van der Waals surface area contributed by atoms with Crippen molar-refractivity contribution in [2.45, 2.75) is 51.0 Å². The summed E-state index contributed by atoms with van der Waals surface area (Å²) in [6, 6.07) is 4.40. The number of hydrogen-bond donors (Lipinski definition) is 2. The first-order valence-electron chi connectivity index (χ1n) is 10.6. The number of hydrogen-bond acceptors (Lipinski definition) is 5. The van der Waals surface area contributed by atoms with E-state index >= 15 is 0 Å². The van der Waals surface area contributed by atoms with Crippen molar-refractivity contribution in [2.24, 2.45) is 0 Å². The Hall–Kier alpha value is -2.91. The van der Waals surface area contributed by atoms with Crippen molar-refractivity contribution >= 4 is 23.4 Å². The van der Waals surface area contributed by atoms with Crippen molar-refractivity contribution in [2.75, 3.05) is 13.6 Å². The van der Waals surface area contributed by atoms with Crippen LogP contribution in [-0.2, 0) is 16.8 Å². The average Bonchev–Trinajstić information content (AvgIpc) is 2.73. The van der Waals surface area contributed by atoms with Crippen LogP contribution in [0.1, 0.15) is 53.1 Å². The van der Waals surface area contributed by atoms with Crippen LogP contribution in [0, 0.1) is 5.82 Å². The maximum absolute atomic E-state index is 14.1. The number of nitrogens with one attached hydrogen (secondary N) is 1. The van der Waals surface area contributed by atoms with Crippen LogP contribution in [0.4, 0.5) is 4.39 Å². The van der Waals surface area contributed by atoms with E-state index in [4.69, 9.17) is 16.3 Å². The molecule has 33 heavy (non-hydrogen) atoms. The minimum absolute atomic E-state index is 0.0328. The van der Waals surface area contributed by atoms with Crippen LogP contribution in [0.15, 0.2) is 29.2 Å². The van der Waals surface area contributed by atoms with Gasteiger partial charge in [-0.1, -0.05) is 23.7 Å². The molecule has 8 nitrogen and oxygen atoms in total. The number of amides is 2. The standard InChI is InChI=1S/C23H25ClFN3O5/c1-12(2)33-14-7-23(8-14)11-27(3)22(32)18-20(30)19(29)15(10-28(18)23)21(31)26-9-13-5-4-6-16(24)17(13)25/h4-6,10,12,14,30H,7-9,11H2,1-3H3,(H,26,31)/t14-,23+. The third-order valence-corrected chi connectivity index (χ3v) is 6.46. The van der Waals surface area contributed by atoms with Gasteiger partial charge < -0.3 is 24.6 Å². The lowest BCUT2D eigenvalue weighted by molar-refractivity contribution is -0.107. The molecule has 1 saturated carbocycles. The third-order valence-electron chi connectivity index (χ3n) is 6.17. The molecule has 1 aliphatic carbocycles. The Kier molecular flexibility index (Phi) is 5.96. The molecule has 0 bridgehead atoms. The first-order chi connectivity index (χ1) is 15.5. The number of aromatic nitrogens is 1. The number of nitrogens with zero attached hydrogens (tertiary/aromatic N) is 2. The van der Waals surface area contributed by atoms with E-state index in [1.165, 1.54) is 23.2 Å². The first kappa shape index (κ1) is 23.3. The highest BCUT2D eigenvalue weighted by Crippen LogP contribution is 2.46. The Labute approximate surface area is 194 Å². The molecule has 176 valence electrons. The highest BCUT2D eigenvalue weighted by Gasteiger charge is 2.52. The number of ether oxygens (including phenoxy) is 1. The maximum atomic E-state index is 14.1. The lowest BCUT2D eigenvalue weighted by atomic mass is 9.72. The summed E-state index contributed by atoms with van der Waals surface area (Å²) < 4.78 is 21.5. The van der Waals surface area contributed by atoms with E-state index in [0.29, 0.717) is 19.4 Å². The number of likely N-dealkylation sites (N-methyl/N-ethyl adjacent to an activating group) is 1. The molecule has 1 aliphatic heterocycles. The van der Waals surface area contributed by atoms with E-state index < -0.39 is 34.3 Å². The summed E-state index contributed by atoms with van der Waals surface area (Å²) in [6.45, 7) is 4.02. The smallest absolute Gasteiger partial charge is 0.274 e. The number of halogens is 2. The number of carbonyl (C=O) groups is 2. The molecule has 0 atom stereocenters. The fourth-order valence-corrected chi connectivity index (χ4v) is 4.86. The van der Waals surface area contributed by atoms with Gasteiger partial charge in [-0.2, -0.15) is 0 Å². The molecule has 1 aromatic heterocycles. The highest BCUT2D eigenvalue weighted by atomic mass is 35.5. The van der Waals surface area contributed by atoms with E-state index in [2.05, 4.69) is 5.32 Å². The van der Waals surface area contributed by atoms with Crippen LogP contribution >= 0.6 is 11.6 Å². The zero-order chi connectivity index (χ0) is 24.1. The number of fused-ring (bicyclic) bond motifs is 2. The predicted octanol–water partition coefficient (Wildman–Crippen LogP) is 2.64. The second-order valence-corrected chi connectivity index (χ2v) is 9.34. The number of carbonyl (C=O) groups excluding carboxylic acids is 2. The topological polar surface area (TPSA) is 101 Å². The number of rotatable bonds is 5. The minimum Gasteiger partial charge on any atom is -0.503 e. The molecular formula is C23H25ClFN3O5. The molecule has 0 unspecified atom stereocenters. The van der Waals surface area contributed by atoms with Crippen LogP contribution < -0.4 is 10.7 Å². The van der Waals surface area contributed by atoms with Gasteiger partial charge in [-0.15, -0.1) is 0 Å². The molecular weight excluding hydrogens is 453 g/mol. The van der Waals surface area contributed by atoms with E-state index in [0.717, 1.165) is 0 Å². The second-order valence-electron chi connectivity index (χ2n) is 8.94. The van der Waals surface area contributed by atoms with Gasteiger partial charge in [0, 0.05) is 31.9 Å². The van der Waals surface area contributed by atoms with Crippen molar-refractivity contribution in [3.63, 3.8) is 0 Å². The van der Waals surface area contributed by atoms with Crippen LogP contribution in [-0.4, -0.2) is 52.2 Å². The molecule has 2 heterocycles. The molecule has 2 amide bonds. The molecule has 10 heteroatoms. The quantitative estimate of drug-likeness (QED) is 0.689. The van der Waals surface area contributed by atoms with Crippen molar-refractivity contribution in [1.82, 2.24) is 14.8 Å². The fraction of sp³-hybridized carbons (Fsp3) is 0.435. The Balaban J connectivity index is 1.67. The lowest BCUT2D eigenvalue weighted by Gasteiger charge is -2.54. The Morgan fingerprint density at radius 3 is 2.73 bits per heavy atom. The van der Waals surface area contributed by atoms with Gasteiger partial charge in [0.15, 0.2) is 11.4 Å². The number of benzene rings is 1. The van der Waals surface area contributed by atoms with Gasteiger partial charge in [-0.05, 0) is 32.8 Å². The maximum Gasteiger partial charge on any atom is 0.274 e. The Morgan fingerprint density at radius 1 is 1.36 bits per heavy atom. The summed E-state index contributed by atoms with van der Waals surface area (Å²) >= 11 is 5.77. The van der Waals surface area contributed by atoms with Gasteiger partial charge in [0.25, 0.3) is 11.8 Å². The van der Waals surface area contributed by atoms with Crippen molar-refractivity contribution in [3.8, 4) is 5.75 Å². The summed E-state index contributed by atoms with van der Waals surface area (Å²) in [5.41, 5.74) is -1.88. The normalized spacial score (nSPS) is 21.8. The summed E-state index contributed by atoms with van der Waals surface area (Å²) in [4.78, 5) is 39.8. The van der Waals surface area contributed by atoms with Gasteiger partial charge >= 0.3 is 0 Å². The van der Waals surface area contributed by atoms with E-state index in [-0.39, 0.29) is 40.6 Å². The average molecular weight is 478 g/mol. The molecule has 2 N–H and O–H groups in total. The van der Waals surface area contributed by atoms with Crippen molar-refractivity contribution in [3.05, 3.63) is 62.3 Å². The Morgan fingerprint density at radius 2 is 2.06 bits per heavy atom. The van der Waals surface area contributed by atoms with Crippen LogP contribution in [0.25, 0.3) is 0 Å². The first-order valence-corrected chi connectivity index (χ1v) is 11.0. The van der Waals surface area contributed by atoms with Crippen molar-refractivity contribution in [1.29, 1.82) is 0 Å². The summed E-state index contributed by atoms with van der Waals surface area (Å²) in [7, 11) is 1.61. The van der Waals surface area contributed by atoms with Gasteiger partial charge in [0.2, 0.25) is 5.43 Å². The van der Waals surface area contributed by atoms with E-state index in [9.17, 15) is 23.9 Å². The van der Waals surface area contributed by atoms with Gasteiger partial charge in [-0.3, -0.25) is 14.4 Å². The summed E-state index contributed by atoms with van der Waals surface area (Å²) in [5.74, 6) is -2.74. The third kappa shape index (κ3) is 4.00. The van der Waals surface area contributed by atoms with Crippen LogP contribution in [0.5, 0.6) is 5.75 Å². The van der Waals surface area contributed by atoms with Crippen LogP contribution in [0.2, 0.25) is 5.02 Å². The Bertz CT molecular complexity index is 1190. The molecule has 1 fully saturated rings. The second kappa shape index (κ2) is 8.46. The zero-order valence-corrected chi connectivity index (χ0v) is 19.3. The van der Waals surface area contributed by atoms with Gasteiger partial charge in [-0.25, -0.2) is 4.39 Å². The van der Waals surface area contributed by atoms with E-state index in [1.807, 2.05) is 13.8 Å². The van der Waals surface area contributed by atoms with Crippen LogP contribution in [0.3, 0.4) is 0 Å². The molecule has 2 aliphatic rings. The van der Waals surface area contributed by atoms with Gasteiger partial charge in [0.05, 0.1) is 22.8 Å². The number of pyridine rings is 1. The highest BCUT2D eigenvalue weighted by molar-refractivity contribution is 6.30. The monoisotopic (exact) mass is 477 g/mol. The number of aromatic hydroxyl groups is 1. The zero-order valence-electron chi connectivity index (χ0n) is 18.5.